The average Bonchev–Trinajstić information content (AvgIpc) is 2.82. The molecular formula is C13H17N3O. The van der Waals surface area contributed by atoms with Crippen LogP contribution in [0.15, 0.2) is 30.5 Å². The smallest absolute Gasteiger partial charge is 0.253 e. The van der Waals surface area contributed by atoms with Crippen molar-refractivity contribution >= 4 is 16.8 Å². The van der Waals surface area contributed by atoms with E-state index in [2.05, 4.69) is 4.98 Å². The highest BCUT2D eigenvalue weighted by Crippen LogP contribution is 2.15. The predicted molar refractivity (Wildman–Crippen MR) is 68.9 cm³/mol. The molecule has 0 saturated heterocycles. The monoisotopic (exact) mass is 231 g/mol. The number of H-pyrrole nitrogens is 1. The van der Waals surface area contributed by atoms with Crippen molar-refractivity contribution in [3.05, 3.63) is 36.0 Å². The number of aromatic nitrogens is 1. The second-order valence-corrected chi connectivity index (χ2v) is 3.95. The molecule has 3 N–H and O–H groups in total. The predicted octanol–water partition coefficient (Wildman–Crippen LogP) is 1.59. The van der Waals surface area contributed by atoms with Crippen molar-refractivity contribution < 1.29 is 4.79 Å². The second kappa shape index (κ2) is 5.01. The topological polar surface area (TPSA) is 62.1 Å². The minimum absolute atomic E-state index is 0.0365. The maximum absolute atomic E-state index is 12.2. The summed E-state index contributed by atoms with van der Waals surface area (Å²) in [6.45, 7) is 3.72. The highest BCUT2D eigenvalue weighted by molar-refractivity contribution is 5.97. The molecule has 0 spiro atoms. The number of hydrogen-bond acceptors (Lipinski definition) is 2. The molecule has 90 valence electrons. The van der Waals surface area contributed by atoms with Crippen LogP contribution in [0.5, 0.6) is 0 Å². The maximum Gasteiger partial charge on any atom is 0.253 e. The number of hydrogen-bond donors (Lipinski definition) is 2. The number of benzene rings is 1. The van der Waals surface area contributed by atoms with Gasteiger partial charge in [0.1, 0.15) is 0 Å². The number of aromatic amines is 1. The molecule has 0 atom stereocenters. The minimum Gasteiger partial charge on any atom is -0.361 e. The van der Waals surface area contributed by atoms with Gasteiger partial charge in [0.15, 0.2) is 0 Å². The Morgan fingerprint density at radius 3 is 2.94 bits per heavy atom. The van der Waals surface area contributed by atoms with Crippen LogP contribution < -0.4 is 5.73 Å². The number of nitrogens with zero attached hydrogens (tertiary/aromatic N) is 1. The molecule has 0 aliphatic rings. The van der Waals surface area contributed by atoms with Crippen LogP contribution in [0, 0.1) is 0 Å². The van der Waals surface area contributed by atoms with Gasteiger partial charge >= 0.3 is 0 Å². The van der Waals surface area contributed by atoms with Crippen LogP contribution in [-0.4, -0.2) is 35.4 Å². The molecule has 0 unspecified atom stereocenters. The molecule has 0 bridgehead atoms. The molecule has 0 aliphatic heterocycles. The molecule has 1 aromatic heterocycles. The SMILES string of the molecule is CCN(CCN)C(=O)c1ccc2cc[nH]c2c1. The number of nitrogens with one attached hydrogen (secondary N) is 1. The van der Waals surface area contributed by atoms with Crippen molar-refractivity contribution in [1.82, 2.24) is 9.88 Å². The van der Waals surface area contributed by atoms with Gasteiger partial charge in [-0.05, 0) is 30.5 Å². The fourth-order valence-electron chi connectivity index (χ4n) is 1.92. The van der Waals surface area contributed by atoms with Gasteiger partial charge in [0, 0.05) is 36.9 Å². The van der Waals surface area contributed by atoms with Crippen molar-refractivity contribution in [2.24, 2.45) is 5.73 Å². The molecule has 2 aromatic rings. The third-order valence-corrected chi connectivity index (χ3v) is 2.87. The number of amides is 1. The van der Waals surface area contributed by atoms with Gasteiger partial charge < -0.3 is 15.6 Å². The van der Waals surface area contributed by atoms with Gasteiger partial charge in [-0.2, -0.15) is 0 Å². The van der Waals surface area contributed by atoms with Crippen molar-refractivity contribution in [3.8, 4) is 0 Å². The minimum atomic E-state index is 0.0365. The van der Waals surface area contributed by atoms with E-state index < -0.39 is 0 Å². The normalized spacial score (nSPS) is 10.7. The molecule has 4 heteroatoms. The molecule has 4 nitrogen and oxygen atoms in total. The number of fused-ring (bicyclic) bond motifs is 1. The molecule has 0 radical (unpaired) electrons. The lowest BCUT2D eigenvalue weighted by Gasteiger charge is -2.19. The number of carbonyl (C=O) groups excluding carboxylic acids is 1. The van der Waals surface area contributed by atoms with Gasteiger partial charge in [-0.15, -0.1) is 0 Å². The highest BCUT2D eigenvalue weighted by atomic mass is 16.2. The van der Waals surface area contributed by atoms with Crippen LogP contribution >= 0.6 is 0 Å². The van der Waals surface area contributed by atoms with E-state index >= 15 is 0 Å². The third-order valence-electron chi connectivity index (χ3n) is 2.87. The van der Waals surface area contributed by atoms with Gasteiger partial charge in [-0.25, -0.2) is 0 Å². The zero-order valence-corrected chi connectivity index (χ0v) is 9.94. The van der Waals surface area contributed by atoms with Gasteiger partial charge in [0.2, 0.25) is 0 Å². The summed E-state index contributed by atoms with van der Waals surface area (Å²) in [6.07, 6.45) is 1.87. The van der Waals surface area contributed by atoms with Crippen molar-refractivity contribution in [2.75, 3.05) is 19.6 Å². The van der Waals surface area contributed by atoms with Crippen LogP contribution in [0.1, 0.15) is 17.3 Å². The molecule has 17 heavy (non-hydrogen) atoms. The summed E-state index contributed by atoms with van der Waals surface area (Å²) < 4.78 is 0. The summed E-state index contributed by atoms with van der Waals surface area (Å²) in [5, 5.41) is 1.11. The van der Waals surface area contributed by atoms with E-state index in [1.54, 1.807) is 4.90 Å². The standard InChI is InChI=1S/C13H17N3O/c1-2-16(8-6-14)13(17)11-4-3-10-5-7-15-12(10)9-11/h3-5,7,9,15H,2,6,8,14H2,1H3. The summed E-state index contributed by atoms with van der Waals surface area (Å²) in [7, 11) is 0. The van der Waals surface area contributed by atoms with Crippen LogP contribution in [0.3, 0.4) is 0 Å². The third kappa shape index (κ3) is 2.31. The van der Waals surface area contributed by atoms with Crippen molar-refractivity contribution in [1.29, 1.82) is 0 Å². The number of carbonyl (C=O) groups is 1. The first-order valence-electron chi connectivity index (χ1n) is 5.82. The first kappa shape index (κ1) is 11.7. The summed E-state index contributed by atoms with van der Waals surface area (Å²) in [5.41, 5.74) is 7.18. The number of likely N-dealkylation sites (N-methyl/N-ethyl adjacent to an activating group) is 1. The largest absolute Gasteiger partial charge is 0.361 e. The van der Waals surface area contributed by atoms with E-state index in [0.29, 0.717) is 25.2 Å². The van der Waals surface area contributed by atoms with E-state index in [4.69, 9.17) is 5.73 Å². The first-order valence-corrected chi connectivity index (χ1v) is 5.82. The Balaban J connectivity index is 2.28. The van der Waals surface area contributed by atoms with E-state index in [1.165, 1.54) is 0 Å². The van der Waals surface area contributed by atoms with Crippen LogP contribution in [-0.2, 0) is 0 Å². The second-order valence-electron chi connectivity index (χ2n) is 3.95. The Bertz CT molecular complexity index is 518. The lowest BCUT2D eigenvalue weighted by molar-refractivity contribution is 0.0769. The lowest BCUT2D eigenvalue weighted by Crippen LogP contribution is -2.35. The van der Waals surface area contributed by atoms with Gasteiger partial charge in [-0.3, -0.25) is 4.79 Å². The van der Waals surface area contributed by atoms with Gasteiger partial charge in [0.25, 0.3) is 5.91 Å². The fraction of sp³-hybridized carbons (Fsp3) is 0.308. The summed E-state index contributed by atoms with van der Waals surface area (Å²) in [4.78, 5) is 17.1. The molecule has 0 saturated carbocycles. The molecule has 1 heterocycles. The molecule has 1 amide bonds. The van der Waals surface area contributed by atoms with Crippen LogP contribution in [0.4, 0.5) is 0 Å². The Morgan fingerprint density at radius 2 is 2.24 bits per heavy atom. The molecule has 0 fully saturated rings. The van der Waals surface area contributed by atoms with E-state index in [0.717, 1.165) is 10.9 Å². The van der Waals surface area contributed by atoms with E-state index in [9.17, 15) is 4.79 Å². The van der Waals surface area contributed by atoms with Crippen LogP contribution in [0.2, 0.25) is 0 Å². The molecule has 1 aromatic carbocycles. The quantitative estimate of drug-likeness (QED) is 0.839. The van der Waals surface area contributed by atoms with E-state index in [-0.39, 0.29) is 5.91 Å². The van der Waals surface area contributed by atoms with Gasteiger partial charge in [-0.1, -0.05) is 6.07 Å². The first-order chi connectivity index (χ1) is 8.26. The lowest BCUT2D eigenvalue weighted by atomic mass is 10.1. The molecule has 0 aliphatic carbocycles. The van der Waals surface area contributed by atoms with Gasteiger partial charge in [0.05, 0.1) is 0 Å². The Morgan fingerprint density at radius 1 is 1.41 bits per heavy atom. The van der Waals surface area contributed by atoms with Crippen molar-refractivity contribution in [3.63, 3.8) is 0 Å². The fourth-order valence-corrected chi connectivity index (χ4v) is 1.92. The van der Waals surface area contributed by atoms with E-state index in [1.807, 2.05) is 37.4 Å². The summed E-state index contributed by atoms with van der Waals surface area (Å²) >= 11 is 0. The average molecular weight is 231 g/mol. The zero-order valence-electron chi connectivity index (χ0n) is 9.94. The highest BCUT2D eigenvalue weighted by Gasteiger charge is 2.13. The maximum atomic E-state index is 12.2. The van der Waals surface area contributed by atoms with Crippen molar-refractivity contribution in [2.45, 2.75) is 6.92 Å². The Kier molecular flexibility index (Phi) is 3.44. The van der Waals surface area contributed by atoms with Crippen LogP contribution in [0.25, 0.3) is 10.9 Å². The number of nitrogens with two attached hydrogens (primary N) is 1. The zero-order chi connectivity index (χ0) is 12.3. The Labute approximate surface area is 100 Å². The summed E-state index contributed by atoms with van der Waals surface area (Å²) in [5.74, 6) is 0.0365. The molecule has 2 rings (SSSR count). The number of rotatable bonds is 4. The Hall–Kier alpha value is -1.81. The molecular weight excluding hydrogens is 214 g/mol. The summed E-state index contributed by atoms with van der Waals surface area (Å²) in [6, 6.07) is 7.69.